The standard InChI is InChI=1S/C16H22BrN3O/c1-4-9-21-13-8-6-7-12(10-13)15(18-3)16-14(17)11-19-20(16)5-2/h6-8,10-11,15,18H,4-5,9H2,1-3H3. The van der Waals surface area contributed by atoms with Crippen LogP contribution in [0.2, 0.25) is 0 Å². The number of aryl methyl sites for hydroxylation is 1. The Morgan fingerprint density at radius 2 is 2.19 bits per heavy atom. The Morgan fingerprint density at radius 3 is 2.86 bits per heavy atom. The van der Waals surface area contributed by atoms with Gasteiger partial charge in [-0.05, 0) is 54.0 Å². The zero-order valence-corrected chi connectivity index (χ0v) is 14.4. The first-order chi connectivity index (χ1) is 10.2. The molecule has 1 atom stereocenters. The highest BCUT2D eigenvalue weighted by molar-refractivity contribution is 9.10. The van der Waals surface area contributed by atoms with E-state index in [1.165, 1.54) is 5.56 Å². The number of benzene rings is 1. The number of hydrogen-bond acceptors (Lipinski definition) is 3. The number of rotatable bonds is 7. The monoisotopic (exact) mass is 351 g/mol. The molecule has 0 aliphatic heterocycles. The molecule has 0 radical (unpaired) electrons. The summed E-state index contributed by atoms with van der Waals surface area (Å²) in [5, 5.41) is 7.77. The van der Waals surface area contributed by atoms with Gasteiger partial charge in [0.1, 0.15) is 5.75 Å². The second-order valence-corrected chi connectivity index (χ2v) is 5.69. The summed E-state index contributed by atoms with van der Waals surface area (Å²) < 4.78 is 8.75. The summed E-state index contributed by atoms with van der Waals surface area (Å²) in [6.07, 6.45) is 2.86. The van der Waals surface area contributed by atoms with Crippen LogP contribution in [0, 0.1) is 0 Å². The molecule has 0 aliphatic rings. The highest BCUT2D eigenvalue weighted by atomic mass is 79.9. The summed E-state index contributed by atoms with van der Waals surface area (Å²) in [6.45, 7) is 5.78. The van der Waals surface area contributed by atoms with Crippen LogP contribution in [0.1, 0.15) is 37.6 Å². The largest absolute Gasteiger partial charge is 0.494 e. The predicted octanol–water partition coefficient (Wildman–Crippen LogP) is 3.76. The summed E-state index contributed by atoms with van der Waals surface area (Å²) in [7, 11) is 1.96. The predicted molar refractivity (Wildman–Crippen MR) is 88.7 cm³/mol. The summed E-state index contributed by atoms with van der Waals surface area (Å²) in [6, 6.07) is 8.31. The number of nitrogens with zero attached hydrogens (tertiary/aromatic N) is 2. The Morgan fingerprint density at radius 1 is 1.38 bits per heavy atom. The minimum atomic E-state index is 0.0759. The molecule has 114 valence electrons. The van der Waals surface area contributed by atoms with Gasteiger partial charge >= 0.3 is 0 Å². The molecular formula is C16H22BrN3O. The minimum absolute atomic E-state index is 0.0759. The van der Waals surface area contributed by atoms with E-state index in [4.69, 9.17) is 4.74 Å². The Balaban J connectivity index is 2.34. The van der Waals surface area contributed by atoms with Crippen molar-refractivity contribution in [3.05, 3.63) is 46.2 Å². The quantitative estimate of drug-likeness (QED) is 0.825. The third-order valence-corrected chi connectivity index (χ3v) is 3.97. The number of ether oxygens (including phenoxy) is 1. The van der Waals surface area contributed by atoms with E-state index in [-0.39, 0.29) is 6.04 Å². The van der Waals surface area contributed by atoms with Gasteiger partial charge in [0, 0.05) is 6.54 Å². The second kappa shape index (κ2) is 7.61. The van der Waals surface area contributed by atoms with E-state index < -0.39 is 0 Å². The molecule has 2 rings (SSSR count). The second-order valence-electron chi connectivity index (χ2n) is 4.84. The van der Waals surface area contributed by atoms with E-state index in [9.17, 15) is 0 Å². The maximum Gasteiger partial charge on any atom is 0.119 e. The first-order valence-corrected chi connectivity index (χ1v) is 8.11. The average Bonchev–Trinajstić information content (AvgIpc) is 2.88. The van der Waals surface area contributed by atoms with Crippen LogP contribution in [0.5, 0.6) is 5.75 Å². The summed E-state index contributed by atoms with van der Waals surface area (Å²) >= 11 is 3.60. The van der Waals surface area contributed by atoms with Crippen molar-refractivity contribution < 1.29 is 4.74 Å². The zero-order chi connectivity index (χ0) is 15.2. The molecule has 0 saturated heterocycles. The van der Waals surface area contributed by atoms with Gasteiger partial charge in [0.25, 0.3) is 0 Å². The molecule has 0 spiro atoms. The lowest BCUT2D eigenvalue weighted by Crippen LogP contribution is -2.22. The molecule has 1 N–H and O–H groups in total. The lowest BCUT2D eigenvalue weighted by Gasteiger charge is -2.19. The summed E-state index contributed by atoms with van der Waals surface area (Å²) in [5.74, 6) is 0.910. The molecule has 1 unspecified atom stereocenters. The molecule has 0 bridgehead atoms. The van der Waals surface area contributed by atoms with Crippen molar-refractivity contribution in [1.82, 2.24) is 15.1 Å². The van der Waals surface area contributed by atoms with Gasteiger partial charge in [-0.3, -0.25) is 4.68 Å². The average molecular weight is 352 g/mol. The Labute approximate surface area is 134 Å². The third kappa shape index (κ3) is 3.66. The van der Waals surface area contributed by atoms with Gasteiger partial charge in [-0.2, -0.15) is 5.10 Å². The van der Waals surface area contributed by atoms with Gasteiger partial charge < -0.3 is 10.1 Å². The molecule has 5 heteroatoms. The van der Waals surface area contributed by atoms with Gasteiger partial charge in [-0.1, -0.05) is 19.1 Å². The zero-order valence-electron chi connectivity index (χ0n) is 12.8. The normalized spacial score (nSPS) is 12.4. The van der Waals surface area contributed by atoms with E-state index in [1.807, 2.05) is 30.1 Å². The fraction of sp³-hybridized carbons (Fsp3) is 0.438. The van der Waals surface area contributed by atoms with Crippen molar-refractivity contribution in [3.8, 4) is 5.75 Å². The molecule has 1 aromatic heterocycles. The van der Waals surface area contributed by atoms with Crippen molar-refractivity contribution in [2.24, 2.45) is 0 Å². The highest BCUT2D eigenvalue weighted by Crippen LogP contribution is 2.30. The third-order valence-electron chi connectivity index (χ3n) is 3.36. The number of nitrogens with one attached hydrogen (secondary N) is 1. The van der Waals surface area contributed by atoms with Crippen molar-refractivity contribution in [2.45, 2.75) is 32.9 Å². The number of aromatic nitrogens is 2. The molecular weight excluding hydrogens is 330 g/mol. The number of halogens is 1. The SMILES string of the molecule is CCCOc1cccc(C(NC)c2c(Br)cnn2CC)c1. The molecule has 4 nitrogen and oxygen atoms in total. The first kappa shape index (κ1) is 16.0. The van der Waals surface area contributed by atoms with E-state index in [0.29, 0.717) is 0 Å². The first-order valence-electron chi connectivity index (χ1n) is 7.32. The lowest BCUT2D eigenvalue weighted by molar-refractivity contribution is 0.317. The smallest absolute Gasteiger partial charge is 0.119 e. The lowest BCUT2D eigenvalue weighted by atomic mass is 10.0. The van der Waals surface area contributed by atoms with Gasteiger partial charge in [0.2, 0.25) is 0 Å². The molecule has 0 fully saturated rings. The molecule has 0 amide bonds. The van der Waals surface area contributed by atoms with Crippen LogP contribution in [0.15, 0.2) is 34.9 Å². The summed E-state index contributed by atoms with van der Waals surface area (Å²) in [5.41, 5.74) is 2.30. The molecule has 0 aliphatic carbocycles. The van der Waals surface area contributed by atoms with E-state index in [0.717, 1.165) is 35.5 Å². The topological polar surface area (TPSA) is 39.1 Å². The maximum absolute atomic E-state index is 5.73. The van der Waals surface area contributed by atoms with Crippen LogP contribution >= 0.6 is 15.9 Å². The molecule has 1 heterocycles. The van der Waals surface area contributed by atoms with Crippen LogP contribution in [0.4, 0.5) is 0 Å². The van der Waals surface area contributed by atoms with Crippen LogP contribution in [-0.2, 0) is 6.54 Å². The van der Waals surface area contributed by atoms with Crippen LogP contribution in [0.25, 0.3) is 0 Å². The highest BCUT2D eigenvalue weighted by Gasteiger charge is 2.20. The fourth-order valence-electron chi connectivity index (χ4n) is 2.38. The van der Waals surface area contributed by atoms with Crippen LogP contribution < -0.4 is 10.1 Å². The van der Waals surface area contributed by atoms with E-state index in [1.54, 1.807) is 0 Å². The van der Waals surface area contributed by atoms with E-state index >= 15 is 0 Å². The maximum atomic E-state index is 5.73. The van der Waals surface area contributed by atoms with Crippen molar-refractivity contribution in [1.29, 1.82) is 0 Å². The molecule has 0 saturated carbocycles. The molecule has 1 aromatic carbocycles. The Bertz CT molecular complexity index is 583. The van der Waals surface area contributed by atoms with Gasteiger partial charge in [0.15, 0.2) is 0 Å². The van der Waals surface area contributed by atoms with Gasteiger partial charge in [0.05, 0.1) is 29.0 Å². The van der Waals surface area contributed by atoms with Gasteiger partial charge in [-0.15, -0.1) is 0 Å². The van der Waals surface area contributed by atoms with E-state index in [2.05, 4.69) is 52.3 Å². The minimum Gasteiger partial charge on any atom is -0.494 e. The Kier molecular flexibility index (Phi) is 5.82. The molecule has 21 heavy (non-hydrogen) atoms. The van der Waals surface area contributed by atoms with Crippen molar-refractivity contribution in [2.75, 3.05) is 13.7 Å². The molecule has 2 aromatic rings. The fourth-order valence-corrected chi connectivity index (χ4v) is 2.90. The van der Waals surface area contributed by atoms with Crippen LogP contribution in [-0.4, -0.2) is 23.4 Å². The number of hydrogen-bond donors (Lipinski definition) is 1. The van der Waals surface area contributed by atoms with Gasteiger partial charge in [-0.25, -0.2) is 0 Å². The van der Waals surface area contributed by atoms with Crippen LogP contribution in [0.3, 0.4) is 0 Å². The summed E-state index contributed by atoms with van der Waals surface area (Å²) in [4.78, 5) is 0. The van der Waals surface area contributed by atoms with Crippen molar-refractivity contribution in [3.63, 3.8) is 0 Å². The Hall–Kier alpha value is -1.33. The van der Waals surface area contributed by atoms with Crippen molar-refractivity contribution >= 4 is 15.9 Å².